The SMILES string of the molecule is CCC[Si](Cl)(N(C)C)N(CC)CC. The summed E-state index contributed by atoms with van der Waals surface area (Å²) in [5, 5.41) is 0. The molecule has 1 atom stereocenters. The van der Waals surface area contributed by atoms with E-state index >= 15 is 0 Å². The van der Waals surface area contributed by atoms with Gasteiger partial charge in [0.1, 0.15) is 0 Å². The Hall–Kier alpha value is 0.427. The molecule has 0 N–H and O–H groups in total. The largest absolute Gasteiger partial charge is 0.307 e. The fourth-order valence-corrected chi connectivity index (χ4v) is 5.91. The van der Waals surface area contributed by atoms with E-state index in [0.29, 0.717) is 0 Å². The van der Waals surface area contributed by atoms with Crippen molar-refractivity contribution in [3.8, 4) is 0 Å². The lowest BCUT2D eigenvalue weighted by Crippen LogP contribution is -2.59. The van der Waals surface area contributed by atoms with Gasteiger partial charge < -0.3 is 9.13 Å². The molecule has 0 saturated heterocycles. The normalized spacial score (nSPS) is 16.6. The van der Waals surface area contributed by atoms with Gasteiger partial charge in [-0.25, -0.2) is 0 Å². The van der Waals surface area contributed by atoms with Crippen LogP contribution in [-0.2, 0) is 0 Å². The molecule has 0 aliphatic rings. The molecule has 0 fully saturated rings. The lowest BCUT2D eigenvalue weighted by molar-refractivity contribution is 0.412. The van der Waals surface area contributed by atoms with Crippen LogP contribution in [0.1, 0.15) is 27.2 Å². The van der Waals surface area contributed by atoms with Crippen LogP contribution in [0.2, 0.25) is 6.04 Å². The van der Waals surface area contributed by atoms with Gasteiger partial charge in [-0.1, -0.05) is 27.2 Å². The Labute approximate surface area is 88.7 Å². The van der Waals surface area contributed by atoms with Gasteiger partial charge in [0.2, 0.25) is 0 Å². The van der Waals surface area contributed by atoms with Crippen LogP contribution < -0.4 is 0 Å². The van der Waals surface area contributed by atoms with Gasteiger partial charge in [-0.15, -0.1) is 11.1 Å². The molecule has 0 heterocycles. The molecule has 0 aliphatic carbocycles. The van der Waals surface area contributed by atoms with Gasteiger partial charge >= 0.3 is 7.71 Å². The van der Waals surface area contributed by atoms with Crippen LogP contribution in [0.3, 0.4) is 0 Å². The first-order valence-electron chi connectivity index (χ1n) is 5.14. The van der Waals surface area contributed by atoms with Crippen molar-refractivity contribution in [2.75, 3.05) is 27.2 Å². The van der Waals surface area contributed by atoms with Gasteiger partial charge in [-0.3, -0.25) is 0 Å². The van der Waals surface area contributed by atoms with Gasteiger partial charge in [0, 0.05) is 0 Å². The molecule has 13 heavy (non-hydrogen) atoms. The highest BCUT2D eigenvalue weighted by atomic mass is 35.6. The molecule has 0 radical (unpaired) electrons. The average molecular weight is 223 g/mol. The molecule has 0 aliphatic heterocycles. The zero-order valence-corrected chi connectivity index (χ0v) is 11.4. The predicted molar refractivity (Wildman–Crippen MR) is 63.3 cm³/mol. The maximum atomic E-state index is 6.73. The average Bonchev–Trinajstić information content (AvgIpc) is 2.06. The Kier molecular flexibility index (Phi) is 6.21. The minimum Gasteiger partial charge on any atom is -0.305 e. The standard InChI is InChI=1S/C9H23ClN2Si/c1-6-9-13(10,11(4)5)12(7-2)8-3/h6-9H2,1-5H3. The van der Waals surface area contributed by atoms with Gasteiger partial charge in [0.05, 0.1) is 0 Å². The van der Waals surface area contributed by atoms with E-state index in [4.69, 9.17) is 11.1 Å². The Bertz CT molecular complexity index is 140. The molecular weight excluding hydrogens is 200 g/mol. The molecule has 80 valence electrons. The zero-order valence-electron chi connectivity index (χ0n) is 9.60. The zero-order chi connectivity index (χ0) is 10.5. The van der Waals surface area contributed by atoms with Crippen LogP contribution in [0.15, 0.2) is 0 Å². The molecule has 4 heteroatoms. The quantitative estimate of drug-likeness (QED) is 0.504. The topological polar surface area (TPSA) is 6.48 Å². The van der Waals surface area contributed by atoms with E-state index in [1.54, 1.807) is 0 Å². The third kappa shape index (κ3) is 3.24. The van der Waals surface area contributed by atoms with Gasteiger partial charge in [-0.05, 0) is 33.2 Å². The summed E-state index contributed by atoms with van der Waals surface area (Å²) >= 11 is 6.73. The molecule has 0 spiro atoms. The molecule has 1 unspecified atom stereocenters. The monoisotopic (exact) mass is 222 g/mol. The minimum absolute atomic E-state index is 1.06. The van der Waals surface area contributed by atoms with Crippen LogP contribution in [0.25, 0.3) is 0 Å². The lowest BCUT2D eigenvalue weighted by atomic mass is 10.6. The summed E-state index contributed by atoms with van der Waals surface area (Å²) in [7, 11) is 2.39. The second-order valence-electron chi connectivity index (χ2n) is 3.54. The molecular formula is C9H23ClN2Si. The molecule has 0 saturated carbocycles. The molecule has 0 rings (SSSR count). The highest BCUT2D eigenvalue weighted by molar-refractivity contribution is 7.17. The third-order valence-electron chi connectivity index (χ3n) is 2.50. The first kappa shape index (κ1) is 13.4. The van der Waals surface area contributed by atoms with Crippen LogP contribution in [0.4, 0.5) is 0 Å². The smallest absolute Gasteiger partial charge is 0.305 e. The summed E-state index contributed by atoms with van der Waals surface area (Å²) in [6.45, 7) is 8.70. The van der Waals surface area contributed by atoms with Gasteiger partial charge in [-0.2, -0.15) is 0 Å². The Morgan fingerprint density at radius 2 is 1.54 bits per heavy atom. The van der Waals surface area contributed by atoms with E-state index in [9.17, 15) is 0 Å². The van der Waals surface area contributed by atoms with E-state index < -0.39 is 7.71 Å². The summed E-state index contributed by atoms with van der Waals surface area (Å²) < 4.78 is 4.67. The fourth-order valence-electron chi connectivity index (χ4n) is 1.69. The highest BCUT2D eigenvalue weighted by Crippen LogP contribution is 2.23. The molecule has 0 bridgehead atoms. The van der Waals surface area contributed by atoms with Crippen molar-refractivity contribution < 1.29 is 0 Å². The van der Waals surface area contributed by atoms with Crippen LogP contribution >= 0.6 is 11.1 Å². The minimum atomic E-state index is -1.82. The lowest BCUT2D eigenvalue weighted by Gasteiger charge is -2.40. The van der Waals surface area contributed by atoms with Gasteiger partial charge in [0.25, 0.3) is 0 Å². The first-order chi connectivity index (χ1) is 6.02. The van der Waals surface area contributed by atoms with Crippen molar-refractivity contribution in [2.24, 2.45) is 0 Å². The predicted octanol–water partition coefficient (Wildman–Crippen LogP) is 2.48. The third-order valence-corrected chi connectivity index (χ3v) is 8.91. The van der Waals surface area contributed by atoms with E-state index in [0.717, 1.165) is 19.1 Å². The summed E-state index contributed by atoms with van der Waals surface area (Å²) in [4.78, 5) is 0. The summed E-state index contributed by atoms with van der Waals surface area (Å²) in [5.41, 5.74) is 0. The second kappa shape index (κ2) is 6.01. The van der Waals surface area contributed by atoms with Crippen LogP contribution in [0.5, 0.6) is 0 Å². The molecule has 0 aromatic heterocycles. The number of halogens is 1. The Balaban J connectivity index is 4.53. The van der Waals surface area contributed by atoms with E-state index in [1.807, 2.05) is 0 Å². The van der Waals surface area contributed by atoms with Crippen molar-refractivity contribution in [3.63, 3.8) is 0 Å². The van der Waals surface area contributed by atoms with Crippen molar-refractivity contribution >= 4 is 18.8 Å². The molecule has 0 amide bonds. The number of hydrogen-bond donors (Lipinski definition) is 0. The second-order valence-corrected chi connectivity index (χ2v) is 8.82. The van der Waals surface area contributed by atoms with Crippen LogP contribution in [-0.4, -0.2) is 44.0 Å². The number of nitrogens with zero attached hydrogens (tertiary/aromatic N) is 2. The van der Waals surface area contributed by atoms with E-state index in [-0.39, 0.29) is 0 Å². The maximum absolute atomic E-state index is 6.73. The van der Waals surface area contributed by atoms with E-state index in [2.05, 4.69) is 44.0 Å². The Morgan fingerprint density at radius 3 is 1.77 bits per heavy atom. The molecule has 2 nitrogen and oxygen atoms in total. The van der Waals surface area contributed by atoms with Crippen molar-refractivity contribution in [3.05, 3.63) is 0 Å². The molecule has 0 aromatic rings. The number of hydrogen-bond acceptors (Lipinski definition) is 2. The first-order valence-corrected chi connectivity index (χ1v) is 8.25. The Morgan fingerprint density at radius 1 is 1.08 bits per heavy atom. The summed E-state index contributed by atoms with van der Waals surface area (Å²) in [5.74, 6) is 0. The van der Waals surface area contributed by atoms with Crippen LogP contribution in [0, 0.1) is 0 Å². The van der Waals surface area contributed by atoms with Crippen molar-refractivity contribution in [1.82, 2.24) is 9.13 Å². The van der Waals surface area contributed by atoms with Gasteiger partial charge in [0.15, 0.2) is 0 Å². The fraction of sp³-hybridized carbons (Fsp3) is 1.00. The highest BCUT2D eigenvalue weighted by Gasteiger charge is 2.38. The van der Waals surface area contributed by atoms with Crippen molar-refractivity contribution in [1.29, 1.82) is 0 Å². The number of rotatable bonds is 6. The maximum Gasteiger partial charge on any atom is 0.307 e. The summed E-state index contributed by atoms with van der Waals surface area (Å²) in [6, 6.07) is 1.14. The molecule has 0 aromatic carbocycles. The van der Waals surface area contributed by atoms with E-state index in [1.165, 1.54) is 6.42 Å². The van der Waals surface area contributed by atoms with Crippen molar-refractivity contribution in [2.45, 2.75) is 33.2 Å². The summed E-state index contributed by atoms with van der Waals surface area (Å²) in [6.07, 6.45) is 1.17.